The highest BCUT2D eigenvalue weighted by atomic mass is 35.5. The van der Waals surface area contributed by atoms with Crippen molar-refractivity contribution < 1.29 is 5.11 Å². The van der Waals surface area contributed by atoms with Crippen LogP contribution in [0.2, 0.25) is 5.02 Å². The summed E-state index contributed by atoms with van der Waals surface area (Å²) in [6.45, 7) is 0. The van der Waals surface area contributed by atoms with Crippen molar-refractivity contribution in [2.45, 2.75) is 0 Å². The van der Waals surface area contributed by atoms with Crippen LogP contribution < -0.4 is 5.22 Å². The molecule has 0 radical (unpaired) electrons. The predicted molar refractivity (Wildman–Crippen MR) is 88.9 cm³/mol. The molecule has 0 spiro atoms. The first-order valence-corrected chi connectivity index (χ1v) is 7.24. The van der Waals surface area contributed by atoms with Crippen LogP contribution in [-0.2, 0) is 0 Å². The summed E-state index contributed by atoms with van der Waals surface area (Å²) in [5.41, 5.74) is 2.17. The summed E-state index contributed by atoms with van der Waals surface area (Å²) in [7, 11) is 0. The summed E-state index contributed by atoms with van der Waals surface area (Å²) in [6, 6.07) is 16.9. The molecule has 4 aromatic rings. The summed E-state index contributed by atoms with van der Waals surface area (Å²) in [6.07, 6.45) is 1.51. The van der Waals surface area contributed by atoms with Gasteiger partial charge in [0, 0.05) is 16.2 Å². The van der Waals surface area contributed by atoms with Crippen molar-refractivity contribution in [3.8, 4) is 0 Å². The lowest BCUT2D eigenvalue weighted by molar-refractivity contribution is 0.508. The van der Waals surface area contributed by atoms with E-state index in [4.69, 9.17) is 11.6 Å². The van der Waals surface area contributed by atoms with Crippen molar-refractivity contribution in [2.24, 2.45) is 0 Å². The average molecular weight is 307 g/mol. The molecule has 1 N–H and O–H groups in total. The Balaban J connectivity index is 2.19. The van der Waals surface area contributed by atoms with Gasteiger partial charge in [0.1, 0.15) is 12.1 Å². The minimum Gasteiger partial charge on any atom is -0.507 e. The van der Waals surface area contributed by atoms with Gasteiger partial charge in [0.15, 0.2) is 0 Å². The summed E-state index contributed by atoms with van der Waals surface area (Å²) in [5, 5.41) is 13.8. The molecule has 0 fully saturated rings. The first-order chi connectivity index (χ1) is 10.8. The van der Waals surface area contributed by atoms with Gasteiger partial charge in [-0.3, -0.25) is 0 Å². The van der Waals surface area contributed by atoms with Crippen LogP contribution in [-0.4, -0.2) is 15.1 Å². The Morgan fingerprint density at radius 2 is 1.77 bits per heavy atom. The van der Waals surface area contributed by atoms with E-state index in [1.165, 1.54) is 6.33 Å². The Morgan fingerprint density at radius 3 is 2.64 bits per heavy atom. The molecule has 1 aromatic heterocycles. The first kappa shape index (κ1) is 13.0. The fourth-order valence-electron chi connectivity index (χ4n) is 2.72. The molecule has 4 rings (SSSR count). The molecule has 0 amide bonds. The van der Waals surface area contributed by atoms with Crippen LogP contribution in [0.25, 0.3) is 27.6 Å². The lowest BCUT2D eigenvalue weighted by Gasteiger charge is -2.07. The molecule has 3 aromatic carbocycles. The molecule has 0 saturated carbocycles. The summed E-state index contributed by atoms with van der Waals surface area (Å²) in [4.78, 5) is 8.67. The molecular formula is C18H11ClN2O. The highest BCUT2D eigenvalue weighted by Crippen LogP contribution is 2.24. The first-order valence-electron chi connectivity index (χ1n) is 6.86. The largest absolute Gasteiger partial charge is 0.507 e. The molecule has 3 nitrogen and oxygen atoms in total. The van der Waals surface area contributed by atoms with Crippen LogP contribution in [0.5, 0.6) is 0 Å². The van der Waals surface area contributed by atoms with E-state index < -0.39 is 0 Å². The van der Waals surface area contributed by atoms with Crippen LogP contribution in [0.3, 0.4) is 0 Å². The van der Waals surface area contributed by atoms with Gasteiger partial charge in [-0.25, -0.2) is 9.97 Å². The van der Waals surface area contributed by atoms with Crippen LogP contribution in [0.4, 0.5) is 0 Å². The topological polar surface area (TPSA) is 46.0 Å². The summed E-state index contributed by atoms with van der Waals surface area (Å²) >= 11 is 6.19. The number of nitrogens with zero attached hydrogens (tertiary/aromatic N) is 2. The summed E-state index contributed by atoms with van der Waals surface area (Å²) < 4.78 is 0. The zero-order valence-corrected chi connectivity index (χ0v) is 12.2. The smallest absolute Gasteiger partial charge is 0.133 e. The zero-order valence-electron chi connectivity index (χ0n) is 11.5. The number of rotatable bonds is 1. The number of halogens is 1. The number of benzene rings is 3. The minimum atomic E-state index is 0.122. The molecule has 0 atom stereocenters. The van der Waals surface area contributed by atoms with Gasteiger partial charge in [0.2, 0.25) is 0 Å². The van der Waals surface area contributed by atoms with Gasteiger partial charge in [-0.2, -0.15) is 0 Å². The lowest BCUT2D eigenvalue weighted by Crippen LogP contribution is -2.10. The Morgan fingerprint density at radius 1 is 0.909 bits per heavy atom. The molecule has 1 heterocycles. The molecule has 0 saturated heterocycles. The third kappa shape index (κ3) is 1.90. The summed E-state index contributed by atoms with van der Waals surface area (Å²) in [5.74, 6) is 0.122. The van der Waals surface area contributed by atoms with Gasteiger partial charge in [0.05, 0.1) is 16.1 Å². The molecule has 0 aliphatic rings. The molecular weight excluding hydrogens is 296 g/mol. The van der Waals surface area contributed by atoms with E-state index >= 15 is 0 Å². The minimum absolute atomic E-state index is 0.122. The van der Waals surface area contributed by atoms with Crippen molar-refractivity contribution in [1.82, 2.24) is 9.97 Å². The highest BCUT2D eigenvalue weighted by Gasteiger charge is 2.10. The van der Waals surface area contributed by atoms with E-state index in [1.807, 2.05) is 42.5 Å². The maximum Gasteiger partial charge on any atom is 0.133 e. The number of aliphatic hydroxyl groups excluding tert-OH is 1. The van der Waals surface area contributed by atoms with E-state index in [0.717, 1.165) is 21.8 Å². The van der Waals surface area contributed by atoms with Crippen LogP contribution in [0.1, 0.15) is 5.56 Å². The number of aliphatic hydroxyl groups is 1. The quantitative estimate of drug-likeness (QED) is 0.580. The monoisotopic (exact) mass is 306 g/mol. The molecule has 4 heteroatoms. The SMILES string of the molecule is O/C(c1ccccc1Cl)=c1/ccc2cccc3ncnc1c23. The maximum atomic E-state index is 10.7. The Hall–Kier alpha value is -2.65. The van der Waals surface area contributed by atoms with Gasteiger partial charge in [0.25, 0.3) is 0 Å². The van der Waals surface area contributed by atoms with Crippen molar-refractivity contribution in [3.63, 3.8) is 0 Å². The normalized spacial score (nSPS) is 12.8. The van der Waals surface area contributed by atoms with Crippen molar-refractivity contribution in [3.05, 3.63) is 76.7 Å². The van der Waals surface area contributed by atoms with Crippen LogP contribution in [0.15, 0.2) is 60.9 Å². The van der Waals surface area contributed by atoms with E-state index in [1.54, 1.807) is 12.1 Å². The van der Waals surface area contributed by atoms with Crippen LogP contribution in [0, 0.1) is 0 Å². The number of aromatic nitrogens is 2. The molecule has 106 valence electrons. The van der Waals surface area contributed by atoms with Crippen molar-refractivity contribution in [2.75, 3.05) is 0 Å². The van der Waals surface area contributed by atoms with E-state index in [2.05, 4.69) is 9.97 Å². The van der Waals surface area contributed by atoms with Gasteiger partial charge < -0.3 is 5.11 Å². The molecule has 0 aliphatic heterocycles. The Bertz CT molecular complexity index is 1040. The van der Waals surface area contributed by atoms with Gasteiger partial charge >= 0.3 is 0 Å². The molecule has 22 heavy (non-hydrogen) atoms. The van der Waals surface area contributed by atoms with E-state index in [0.29, 0.717) is 15.8 Å². The second-order valence-corrected chi connectivity index (χ2v) is 5.45. The second kappa shape index (κ2) is 4.97. The standard InChI is InChI=1S/C18H11ClN2O/c19-14-6-2-1-5-12(14)18(22)13-9-8-11-4-3-7-15-16(11)17(13)21-10-20-15/h1-10,22H/b18-13-. The van der Waals surface area contributed by atoms with Gasteiger partial charge in [-0.1, -0.05) is 41.9 Å². The van der Waals surface area contributed by atoms with Gasteiger partial charge in [-0.15, -0.1) is 0 Å². The Kier molecular flexibility index (Phi) is 2.94. The highest BCUT2D eigenvalue weighted by molar-refractivity contribution is 6.32. The second-order valence-electron chi connectivity index (χ2n) is 5.04. The van der Waals surface area contributed by atoms with E-state index in [-0.39, 0.29) is 5.76 Å². The zero-order chi connectivity index (χ0) is 15.1. The fraction of sp³-hybridized carbons (Fsp3) is 0. The fourth-order valence-corrected chi connectivity index (χ4v) is 2.95. The molecule has 0 unspecified atom stereocenters. The van der Waals surface area contributed by atoms with E-state index in [9.17, 15) is 5.11 Å². The van der Waals surface area contributed by atoms with Crippen molar-refractivity contribution in [1.29, 1.82) is 0 Å². The molecule has 0 aliphatic carbocycles. The Labute approximate surface area is 131 Å². The lowest BCUT2D eigenvalue weighted by atomic mass is 10.0. The maximum absolute atomic E-state index is 10.7. The third-order valence-corrected chi connectivity index (χ3v) is 4.09. The average Bonchev–Trinajstić information content (AvgIpc) is 2.56. The van der Waals surface area contributed by atoms with Crippen LogP contribution >= 0.6 is 11.6 Å². The predicted octanol–water partition coefficient (Wildman–Crippen LogP) is 3.87. The molecule has 0 bridgehead atoms. The van der Waals surface area contributed by atoms with Gasteiger partial charge in [-0.05, 0) is 29.7 Å². The van der Waals surface area contributed by atoms with Crippen molar-refractivity contribution >= 4 is 39.2 Å². The third-order valence-electron chi connectivity index (χ3n) is 3.76. The number of hydrogen-bond acceptors (Lipinski definition) is 3. The number of hydrogen-bond donors (Lipinski definition) is 1.